The van der Waals surface area contributed by atoms with E-state index in [0.29, 0.717) is 50.9 Å². The third-order valence-electron chi connectivity index (χ3n) is 4.93. The highest BCUT2D eigenvalue weighted by molar-refractivity contribution is 5.96. The first-order valence-electron chi connectivity index (χ1n) is 9.03. The predicted octanol–water partition coefficient (Wildman–Crippen LogP) is 0.918. The van der Waals surface area contributed by atoms with Crippen LogP contribution in [0.3, 0.4) is 0 Å². The maximum atomic E-state index is 12.2. The number of nitrogens with one attached hydrogen (secondary N) is 1. The Kier molecular flexibility index (Phi) is 4.19. The van der Waals surface area contributed by atoms with Gasteiger partial charge in [0.1, 0.15) is 17.3 Å². The molecular weight excluding hydrogens is 322 g/mol. The summed E-state index contributed by atoms with van der Waals surface area (Å²) in [7, 11) is 0. The van der Waals surface area contributed by atoms with Gasteiger partial charge in [0.15, 0.2) is 0 Å². The Labute approximate surface area is 146 Å². The number of nitrogens with zero attached hydrogens (tertiary/aromatic N) is 4. The van der Waals surface area contributed by atoms with E-state index in [1.54, 1.807) is 4.90 Å². The molecule has 2 amide bonds. The number of hydrogen-bond donors (Lipinski definition) is 1. The molecule has 8 heteroatoms. The molecular formula is C17H23N5O3. The monoisotopic (exact) mass is 345 g/mol. The summed E-state index contributed by atoms with van der Waals surface area (Å²) in [6, 6.07) is 0. The molecule has 0 unspecified atom stereocenters. The van der Waals surface area contributed by atoms with Gasteiger partial charge < -0.3 is 19.9 Å². The van der Waals surface area contributed by atoms with Crippen molar-refractivity contribution in [1.29, 1.82) is 0 Å². The Balaban J connectivity index is 1.58. The molecule has 3 aliphatic rings. The lowest BCUT2D eigenvalue weighted by atomic mass is 10.0. The van der Waals surface area contributed by atoms with Crippen LogP contribution in [0.15, 0.2) is 0 Å². The third kappa shape index (κ3) is 3.12. The molecule has 0 spiro atoms. The quantitative estimate of drug-likeness (QED) is 0.876. The van der Waals surface area contributed by atoms with E-state index in [9.17, 15) is 9.59 Å². The third-order valence-corrected chi connectivity index (χ3v) is 4.93. The topological polar surface area (TPSA) is 87.7 Å². The number of amides is 2. The molecule has 25 heavy (non-hydrogen) atoms. The second-order valence-corrected chi connectivity index (χ2v) is 6.69. The van der Waals surface area contributed by atoms with Crippen LogP contribution < -0.4 is 10.2 Å². The van der Waals surface area contributed by atoms with Crippen LogP contribution in [0.25, 0.3) is 0 Å². The minimum atomic E-state index is -0.259. The van der Waals surface area contributed by atoms with Gasteiger partial charge in [-0.1, -0.05) is 0 Å². The standard InChI is InChI=1S/C17H23N5O3/c1-2-25-17(24)22-9-7-21(8-10-22)15-12-5-6-18-16(23)13(12)19-14(20-15)11-3-4-11/h11H,2-10H2,1H3,(H,18,23). The van der Waals surface area contributed by atoms with Crippen LogP contribution >= 0.6 is 0 Å². The number of carbonyl (C=O) groups is 2. The summed E-state index contributed by atoms with van der Waals surface area (Å²) in [5.41, 5.74) is 1.48. The first kappa shape index (κ1) is 16.1. The fourth-order valence-corrected chi connectivity index (χ4v) is 3.39. The van der Waals surface area contributed by atoms with E-state index in [-0.39, 0.29) is 12.0 Å². The molecule has 0 radical (unpaired) electrons. The summed E-state index contributed by atoms with van der Waals surface area (Å²) in [6.45, 7) is 5.39. The smallest absolute Gasteiger partial charge is 0.409 e. The Bertz CT molecular complexity index is 696. The van der Waals surface area contributed by atoms with Gasteiger partial charge in [-0.15, -0.1) is 0 Å². The fraction of sp³-hybridized carbons (Fsp3) is 0.647. The second kappa shape index (κ2) is 6.50. The molecule has 1 N–H and O–H groups in total. The van der Waals surface area contributed by atoms with E-state index >= 15 is 0 Å². The second-order valence-electron chi connectivity index (χ2n) is 6.69. The van der Waals surface area contributed by atoms with Crippen LogP contribution in [0, 0.1) is 0 Å². The number of hydrogen-bond acceptors (Lipinski definition) is 6. The average molecular weight is 345 g/mol. The van der Waals surface area contributed by atoms with Crippen molar-refractivity contribution >= 4 is 17.8 Å². The molecule has 1 saturated heterocycles. The Morgan fingerprint density at radius 3 is 2.68 bits per heavy atom. The molecule has 0 aromatic carbocycles. The number of carbonyl (C=O) groups excluding carboxylic acids is 2. The summed E-state index contributed by atoms with van der Waals surface area (Å²) in [4.78, 5) is 37.4. The van der Waals surface area contributed by atoms with Gasteiger partial charge in [0.05, 0.1) is 6.61 Å². The van der Waals surface area contributed by atoms with Crippen molar-refractivity contribution in [3.63, 3.8) is 0 Å². The van der Waals surface area contributed by atoms with Crippen LogP contribution in [0.5, 0.6) is 0 Å². The molecule has 0 atom stereocenters. The predicted molar refractivity (Wildman–Crippen MR) is 90.9 cm³/mol. The molecule has 1 aliphatic carbocycles. The van der Waals surface area contributed by atoms with Gasteiger partial charge in [-0.3, -0.25) is 4.79 Å². The van der Waals surface area contributed by atoms with Gasteiger partial charge >= 0.3 is 6.09 Å². The zero-order chi connectivity index (χ0) is 17.4. The fourth-order valence-electron chi connectivity index (χ4n) is 3.39. The van der Waals surface area contributed by atoms with E-state index in [1.165, 1.54) is 0 Å². The molecule has 4 rings (SSSR count). The number of rotatable bonds is 3. The van der Waals surface area contributed by atoms with Crippen molar-refractivity contribution in [2.24, 2.45) is 0 Å². The highest BCUT2D eigenvalue weighted by atomic mass is 16.6. The van der Waals surface area contributed by atoms with Crippen LogP contribution in [0.4, 0.5) is 10.6 Å². The maximum absolute atomic E-state index is 12.2. The Morgan fingerprint density at radius 2 is 2.00 bits per heavy atom. The zero-order valence-corrected chi connectivity index (χ0v) is 14.5. The van der Waals surface area contributed by atoms with Crippen LogP contribution in [-0.4, -0.2) is 66.2 Å². The van der Waals surface area contributed by atoms with Crippen molar-refractivity contribution in [3.05, 3.63) is 17.1 Å². The highest BCUT2D eigenvalue weighted by Crippen LogP contribution is 2.39. The number of fused-ring (bicyclic) bond motifs is 1. The van der Waals surface area contributed by atoms with Gasteiger partial charge in [0.2, 0.25) is 0 Å². The summed E-state index contributed by atoms with van der Waals surface area (Å²) in [5.74, 6) is 1.96. The summed E-state index contributed by atoms with van der Waals surface area (Å²) in [5, 5.41) is 2.87. The summed E-state index contributed by atoms with van der Waals surface area (Å²) < 4.78 is 5.08. The molecule has 1 saturated carbocycles. The van der Waals surface area contributed by atoms with E-state index in [0.717, 1.165) is 36.5 Å². The lowest BCUT2D eigenvalue weighted by Gasteiger charge is -2.36. The van der Waals surface area contributed by atoms with Gasteiger partial charge in [-0.05, 0) is 26.2 Å². The van der Waals surface area contributed by atoms with Gasteiger partial charge in [-0.25, -0.2) is 14.8 Å². The maximum Gasteiger partial charge on any atom is 0.409 e. The number of piperazine rings is 1. The van der Waals surface area contributed by atoms with Crippen LogP contribution in [-0.2, 0) is 11.2 Å². The van der Waals surface area contributed by atoms with Crippen molar-refractivity contribution in [3.8, 4) is 0 Å². The Morgan fingerprint density at radius 1 is 1.24 bits per heavy atom. The molecule has 3 heterocycles. The largest absolute Gasteiger partial charge is 0.450 e. The molecule has 134 valence electrons. The average Bonchev–Trinajstić information content (AvgIpc) is 3.47. The molecule has 2 fully saturated rings. The molecule has 8 nitrogen and oxygen atoms in total. The number of aromatic nitrogens is 2. The highest BCUT2D eigenvalue weighted by Gasteiger charge is 2.33. The Hall–Kier alpha value is -2.38. The number of anilines is 1. The summed E-state index contributed by atoms with van der Waals surface area (Å²) >= 11 is 0. The first-order valence-corrected chi connectivity index (χ1v) is 9.03. The van der Waals surface area contributed by atoms with Crippen molar-refractivity contribution in [2.45, 2.75) is 32.1 Å². The van der Waals surface area contributed by atoms with E-state index in [4.69, 9.17) is 9.72 Å². The minimum Gasteiger partial charge on any atom is -0.450 e. The normalized spacial score (nSPS) is 20.1. The zero-order valence-electron chi connectivity index (χ0n) is 14.5. The first-order chi connectivity index (χ1) is 12.2. The van der Waals surface area contributed by atoms with Crippen molar-refractivity contribution in [2.75, 3.05) is 44.2 Å². The molecule has 1 aromatic heterocycles. The summed E-state index contributed by atoms with van der Waals surface area (Å²) in [6.07, 6.45) is 2.68. The van der Waals surface area contributed by atoms with Gasteiger partial charge in [-0.2, -0.15) is 0 Å². The minimum absolute atomic E-state index is 0.100. The molecule has 2 aliphatic heterocycles. The van der Waals surface area contributed by atoms with Crippen LogP contribution in [0.1, 0.15) is 47.6 Å². The van der Waals surface area contributed by atoms with Crippen LogP contribution in [0.2, 0.25) is 0 Å². The van der Waals surface area contributed by atoms with Gasteiger partial charge in [0.25, 0.3) is 5.91 Å². The van der Waals surface area contributed by atoms with Crippen molar-refractivity contribution < 1.29 is 14.3 Å². The molecule has 1 aromatic rings. The van der Waals surface area contributed by atoms with E-state index in [2.05, 4.69) is 15.2 Å². The molecule has 0 bridgehead atoms. The van der Waals surface area contributed by atoms with E-state index < -0.39 is 0 Å². The van der Waals surface area contributed by atoms with Gasteiger partial charge in [0, 0.05) is 44.2 Å². The number of ether oxygens (including phenoxy) is 1. The van der Waals surface area contributed by atoms with E-state index in [1.807, 2.05) is 6.92 Å². The SMILES string of the molecule is CCOC(=O)N1CCN(c2nc(C3CC3)nc3c2CCNC3=O)CC1. The lowest BCUT2D eigenvalue weighted by Crippen LogP contribution is -2.50. The lowest BCUT2D eigenvalue weighted by molar-refractivity contribution is 0.0940. The van der Waals surface area contributed by atoms with Crippen molar-refractivity contribution in [1.82, 2.24) is 20.2 Å².